The summed E-state index contributed by atoms with van der Waals surface area (Å²) in [5.74, 6) is 1.77. The summed E-state index contributed by atoms with van der Waals surface area (Å²) in [6, 6.07) is 8.23. The van der Waals surface area contributed by atoms with Crippen LogP contribution in [0.15, 0.2) is 24.3 Å². The van der Waals surface area contributed by atoms with E-state index >= 15 is 0 Å². The van der Waals surface area contributed by atoms with Crippen molar-refractivity contribution in [1.29, 1.82) is 0 Å². The number of rotatable bonds is 1. The Morgan fingerprint density at radius 1 is 1.50 bits per heavy atom. The molecule has 1 heterocycles. The van der Waals surface area contributed by atoms with Crippen molar-refractivity contribution >= 4 is 31.0 Å². The van der Waals surface area contributed by atoms with Gasteiger partial charge in [-0.25, -0.2) is 0 Å². The average Bonchev–Trinajstić information content (AvgIpc) is 2.17. The summed E-state index contributed by atoms with van der Waals surface area (Å²) in [5, 5.41) is 0. The third kappa shape index (κ3) is 1.61. The van der Waals surface area contributed by atoms with Crippen LogP contribution in [0.4, 0.5) is 0 Å². The molecule has 64 valence electrons. The van der Waals surface area contributed by atoms with Gasteiger partial charge < -0.3 is 0 Å². The minimum atomic E-state index is 0.497. The van der Waals surface area contributed by atoms with Crippen LogP contribution in [0.2, 0.25) is 4.82 Å². The zero-order valence-corrected chi connectivity index (χ0v) is 8.96. The molecule has 1 atom stereocenters. The van der Waals surface area contributed by atoms with Gasteiger partial charge in [0.2, 0.25) is 0 Å². The van der Waals surface area contributed by atoms with Crippen LogP contribution < -0.4 is 9.20 Å². The van der Waals surface area contributed by atoms with Crippen LogP contribution in [0.25, 0.3) is 0 Å². The summed E-state index contributed by atoms with van der Waals surface area (Å²) in [6.45, 7) is 0.792. The van der Waals surface area contributed by atoms with Gasteiger partial charge in [0.15, 0.2) is 0 Å². The van der Waals surface area contributed by atoms with Crippen molar-refractivity contribution in [2.24, 2.45) is 0 Å². The van der Waals surface area contributed by atoms with Gasteiger partial charge in [0.1, 0.15) is 0 Å². The van der Waals surface area contributed by atoms with Gasteiger partial charge in [-0.15, -0.1) is 0 Å². The van der Waals surface area contributed by atoms with Crippen LogP contribution in [0.3, 0.4) is 0 Å². The Bertz CT molecular complexity index is 277. The van der Waals surface area contributed by atoms with Crippen molar-refractivity contribution in [3.8, 4) is 5.75 Å². The van der Waals surface area contributed by atoms with Crippen molar-refractivity contribution in [2.45, 2.75) is 4.82 Å². The summed E-state index contributed by atoms with van der Waals surface area (Å²) in [4.78, 5) is 0.550. The fraction of sp³-hybridized carbons (Fsp3) is 0.333. The summed E-state index contributed by atoms with van der Waals surface area (Å²) < 4.78 is 6.91. The molecule has 1 nitrogen and oxygen atoms in total. The molecule has 0 fully saturated rings. The SMILES string of the molecule is ClCC1COc2ccccc2[Se]1. The molecule has 1 aliphatic heterocycles. The molecular weight excluding hydrogens is 239 g/mol. The molecule has 0 aliphatic carbocycles. The zero-order chi connectivity index (χ0) is 8.39. The molecule has 0 saturated carbocycles. The van der Waals surface area contributed by atoms with E-state index in [4.69, 9.17) is 16.3 Å². The van der Waals surface area contributed by atoms with E-state index in [0.29, 0.717) is 25.7 Å². The van der Waals surface area contributed by atoms with E-state index in [1.807, 2.05) is 12.1 Å². The third-order valence-electron chi connectivity index (χ3n) is 1.74. The van der Waals surface area contributed by atoms with Crippen LogP contribution in [-0.2, 0) is 0 Å². The topological polar surface area (TPSA) is 9.23 Å². The van der Waals surface area contributed by atoms with Crippen molar-refractivity contribution in [2.75, 3.05) is 12.5 Å². The molecule has 12 heavy (non-hydrogen) atoms. The predicted octanol–water partition coefficient (Wildman–Crippen LogP) is 1.44. The second kappa shape index (κ2) is 3.69. The van der Waals surface area contributed by atoms with E-state index in [1.54, 1.807) is 0 Å². The molecule has 0 amide bonds. The average molecular weight is 248 g/mol. The van der Waals surface area contributed by atoms with E-state index in [0.717, 1.165) is 12.4 Å². The van der Waals surface area contributed by atoms with Crippen LogP contribution >= 0.6 is 11.6 Å². The van der Waals surface area contributed by atoms with Gasteiger partial charge in [0.25, 0.3) is 0 Å². The van der Waals surface area contributed by atoms with E-state index in [2.05, 4.69) is 12.1 Å². The number of alkyl halides is 1. The number of ether oxygens (including phenoxy) is 1. The van der Waals surface area contributed by atoms with E-state index < -0.39 is 0 Å². The Balaban J connectivity index is 2.23. The molecule has 1 unspecified atom stereocenters. The number of hydrogen-bond donors (Lipinski definition) is 0. The number of para-hydroxylation sites is 1. The Kier molecular flexibility index (Phi) is 2.59. The van der Waals surface area contributed by atoms with Crippen molar-refractivity contribution in [1.82, 2.24) is 0 Å². The number of halogens is 1. The van der Waals surface area contributed by atoms with Crippen molar-refractivity contribution < 1.29 is 4.74 Å². The number of fused-ring (bicyclic) bond motifs is 1. The zero-order valence-electron chi connectivity index (χ0n) is 6.50. The maximum atomic E-state index is 5.78. The normalized spacial score (nSPS) is 21.2. The van der Waals surface area contributed by atoms with Gasteiger partial charge in [0.05, 0.1) is 0 Å². The maximum absolute atomic E-state index is 5.78. The standard InChI is InChI=1S/C9H9ClOSe/c10-5-7-6-11-8-3-1-2-4-9(8)12-7/h1-4,7H,5-6H2. The summed E-state index contributed by atoms with van der Waals surface area (Å²) >= 11 is 6.28. The molecule has 0 aromatic heterocycles. The van der Waals surface area contributed by atoms with Gasteiger partial charge in [-0.1, -0.05) is 0 Å². The number of hydrogen-bond acceptors (Lipinski definition) is 1. The van der Waals surface area contributed by atoms with Gasteiger partial charge in [-0.2, -0.15) is 0 Å². The summed E-state index contributed by atoms with van der Waals surface area (Å²) in [6.07, 6.45) is 0. The van der Waals surface area contributed by atoms with Crippen LogP contribution in [0.5, 0.6) is 5.75 Å². The molecule has 2 rings (SSSR count). The molecule has 0 saturated heterocycles. The number of benzene rings is 1. The Hall–Kier alpha value is -0.171. The fourth-order valence-corrected chi connectivity index (χ4v) is 3.57. The molecule has 0 bridgehead atoms. The van der Waals surface area contributed by atoms with Crippen LogP contribution in [-0.4, -0.2) is 27.4 Å². The first-order valence-electron chi connectivity index (χ1n) is 3.84. The Morgan fingerprint density at radius 3 is 3.17 bits per heavy atom. The second-order valence-electron chi connectivity index (χ2n) is 2.65. The van der Waals surface area contributed by atoms with Crippen LogP contribution in [0.1, 0.15) is 0 Å². The molecule has 1 aromatic carbocycles. The quantitative estimate of drug-likeness (QED) is 0.539. The van der Waals surface area contributed by atoms with Crippen molar-refractivity contribution in [3.05, 3.63) is 24.3 Å². The summed E-state index contributed by atoms with van der Waals surface area (Å²) in [5.41, 5.74) is 0. The third-order valence-corrected chi connectivity index (χ3v) is 5.10. The molecule has 1 aromatic rings. The predicted molar refractivity (Wildman–Crippen MR) is 51.8 cm³/mol. The van der Waals surface area contributed by atoms with Gasteiger partial charge in [-0.05, 0) is 0 Å². The van der Waals surface area contributed by atoms with E-state index in [9.17, 15) is 0 Å². The van der Waals surface area contributed by atoms with Gasteiger partial charge in [0, 0.05) is 0 Å². The minimum absolute atomic E-state index is 0.497. The van der Waals surface area contributed by atoms with E-state index in [-0.39, 0.29) is 0 Å². The first-order valence-corrected chi connectivity index (χ1v) is 6.22. The van der Waals surface area contributed by atoms with Crippen LogP contribution in [0, 0.1) is 0 Å². The van der Waals surface area contributed by atoms with Gasteiger partial charge in [-0.3, -0.25) is 0 Å². The Labute approximate surface area is 83.2 Å². The van der Waals surface area contributed by atoms with Gasteiger partial charge >= 0.3 is 83.1 Å². The molecule has 0 N–H and O–H groups in total. The molecular formula is C9H9ClOSe. The first-order chi connectivity index (χ1) is 5.90. The molecule has 0 spiro atoms. The summed E-state index contributed by atoms with van der Waals surface area (Å²) in [7, 11) is 0. The second-order valence-corrected chi connectivity index (χ2v) is 5.78. The molecule has 0 radical (unpaired) electrons. The molecule has 3 heteroatoms. The van der Waals surface area contributed by atoms with Crippen molar-refractivity contribution in [3.63, 3.8) is 0 Å². The Morgan fingerprint density at radius 2 is 2.33 bits per heavy atom. The van der Waals surface area contributed by atoms with E-state index in [1.165, 1.54) is 4.46 Å². The fourth-order valence-electron chi connectivity index (χ4n) is 1.14. The first kappa shape index (κ1) is 8.43. The monoisotopic (exact) mass is 248 g/mol. The molecule has 1 aliphatic rings.